The van der Waals surface area contributed by atoms with Gasteiger partial charge in [0.2, 0.25) is 12.7 Å². The van der Waals surface area contributed by atoms with E-state index in [9.17, 15) is 14.4 Å². The van der Waals surface area contributed by atoms with E-state index < -0.39 is 18.3 Å². The number of anilines is 2. The van der Waals surface area contributed by atoms with Crippen LogP contribution in [0.3, 0.4) is 0 Å². The molecule has 0 unspecified atom stereocenters. The molecule has 0 atom stereocenters. The molecular formula is C32H33N5O6. The third kappa shape index (κ3) is 6.25. The van der Waals surface area contributed by atoms with Crippen molar-refractivity contribution >= 4 is 34.9 Å². The molecule has 4 aromatic rings. The van der Waals surface area contributed by atoms with Gasteiger partial charge in [0, 0.05) is 24.3 Å². The Morgan fingerprint density at radius 1 is 1.00 bits per heavy atom. The summed E-state index contributed by atoms with van der Waals surface area (Å²) in [5, 5.41) is 9.51. The van der Waals surface area contributed by atoms with E-state index in [1.807, 2.05) is 46.9 Å². The van der Waals surface area contributed by atoms with Gasteiger partial charge in [-0.25, -0.2) is 4.98 Å². The van der Waals surface area contributed by atoms with Crippen LogP contribution in [-0.2, 0) is 20.9 Å². The van der Waals surface area contributed by atoms with Crippen LogP contribution >= 0.6 is 0 Å². The minimum absolute atomic E-state index is 0.194. The van der Waals surface area contributed by atoms with Crippen LogP contribution in [0.4, 0.5) is 11.5 Å². The smallest absolute Gasteiger partial charge is 0.315 e. The van der Waals surface area contributed by atoms with Crippen molar-refractivity contribution in [3.63, 3.8) is 0 Å². The highest BCUT2D eigenvalue weighted by Crippen LogP contribution is 2.36. The molecule has 222 valence electrons. The number of pyridine rings is 1. The van der Waals surface area contributed by atoms with Crippen LogP contribution in [0.1, 0.15) is 54.4 Å². The molecule has 0 spiro atoms. The van der Waals surface area contributed by atoms with Crippen LogP contribution in [0.15, 0.2) is 60.8 Å². The monoisotopic (exact) mass is 583 g/mol. The Hall–Kier alpha value is -5.06. The van der Waals surface area contributed by atoms with Gasteiger partial charge in [-0.3, -0.25) is 18.8 Å². The first-order chi connectivity index (χ1) is 21.0. The van der Waals surface area contributed by atoms with Gasteiger partial charge in [-0.2, -0.15) is 0 Å². The average molecular weight is 584 g/mol. The first kappa shape index (κ1) is 28.1. The fourth-order valence-electron chi connectivity index (χ4n) is 5.48. The molecule has 1 fully saturated rings. The highest BCUT2D eigenvalue weighted by molar-refractivity contribution is 6.04. The number of carbonyl (C=O) groups is 3. The summed E-state index contributed by atoms with van der Waals surface area (Å²) in [6.07, 6.45) is 6.92. The van der Waals surface area contributed by atoms with Crippen LogP contribution in [0.25, 0.3) is 16.9 Å². The number of nitrogens with zero attached hydrogens (tertiary/aromatic N) is 2. The maximum atomic E-state index is 13.3. The third-order valence-electron chi connectivity index (χ3n) is 7.71. The van der Waals surface area contributed by atoms with E-state index in [1.165, 1.54) is 13.5 Å². The lowest BCUT2D eigenvalue weighted by Crippen LogP contribution is -2.24. The number of ether oxygens (including phenoxy) is 3. The number of rotatable bonds is 9. The number of hydrogen-bond acceptors (Lipinski definition) is 8. The molecule has 1 aliphatic heterocycles. The second-order valence-electron chi connectivity index (χ2n) is 10.7. The van der Waals surface area contributed by atoms with E-state index in [4.69, 9.17) is 14.5 Å². The zero-order valence-electron chi connectivity index (χ0n) is 23.9. The standard InChI is InChI=1S/C32H33N5O6/c1-41-29(39)16-28(38)35-24-10-6-5-9-23(24)30-31(34-22-7-3-2-4-8-22)37-18-21(12-14-27(37)36-30)32(40)33-17-20-11-13-25-26(15-20)43-19-42-25/h5-6,9-15,18,22,34H,2-4,7-8,16-17,19H2,1H3,(H,33,40)(H,35,38). The molecule has 2 aromatic carbocycles. The molecule has 2 amide bonds. The SMILES string of the molecule is COC(=O)CC(=O)Nc1ccccc1-c1nc2ccc(C(=O)NCc3ccc4c(c3)OCO4)cn2c1NC1CCCCC1. The van der Waals surface area contributed by atoms with E-state index >= 15 is 0 Å². The normalized spacial score (nSPS) is 14.3. The summed E-state index contributed by atoms with van der Waals surface area (Å²) in [7, 11) is 1.25. The second-order valence-corrected chi connectivity index (χ2v) is 10.7. The molecule has 3 heterocycles. The van der Waals surface area contributed by atoms with Gasteiger partial charge in [-0.05, 0) is 48.7 Å². The number of methoxy groups -OCH3 is 1. The van der Waals surface area contributed by atoms with Gasteiger partial charge in [0.05, 0.1) is 18.4 Å². The summed E-state index contributed by atoms with van der Waals surface area (Å²) in [6, 6.07) is 16.7. The number of para-hydroxylation sites is 1. The Labute approximate surface area is 248 Å². The Balaban J connectivity index is 1.31. The van der Waals surface area contributed by atoms with Gasteiger partial charge in [0.1, 0.15) is 23.6 Å². The fraction of sp³-hybridized carbons (Fsp3) is 0.312. The number of imidazole rings is 1. The Bertz CT molecular complexity index is 1680. The van der Waals surface area contributed by atoms with Gasteiger partial charge >= 0.3 is 5.97 Å². The largest absolute Gasteiger partial charge is 0.469 e. The highest BCUT2D eigenvalue weighted by Gasteiger charge is 2.23. The topological polar surface area (TPSA) is 132 Å². The lowest BCUT2D eigenvalue weighted by molar-refractivity contribution is -0.142. The molecule has 1 aliphatic carbocycles. The number of benzene rings is 2. The number of fused-ring (bicyclic) bond motifs is 2. The first-order valence-corrected chi connectivity index (χ1v) is 14.4. The van der Waals surface area contributed by atoms with Crippen molar-refractivity contribution in [2.45, 2.75) is 51.1 Å². The van der Waals surface area contributed by atoms with E-state index in [2.05, 4.69) is 20.7 Å². The van der Waals surface area contributed by atoms with E-state index in [1.54, 1.807) is 18.3 Å². The van der Waals surface area contributed by atoms with Crippen LogP contribution in [0, 0.1) is 0 Å². The van der Waals surface area contributed by atoms with E-state index in [0.29, 0.717) is 46.2 Å². The predicted octanol–water partition coefficient (Wildman–Crippen LogP) is 4.91. The minimum Gasteiger partial charge on any atom is -0.469 e. The maximum Gasteiger partial charge on any atom is 0.315 e. The average Bonchev–Trinajstić information content (AvgIpc) is 3.64. The molecule has 11 nitrogen and oxygen atoms in total. The van der Waals surface area contributed by atoms with E-state index in [-0.39, 0.29) is 18.7 Å². The van der Waals surface area contributed by atoms with Crippen LogP contribution in [0.2, 0.25) is 0 Å². The van der Waals surface area contributed by atoms with Crippen molar-refractivity contribution in [1.82, 2.24) is 14.7 Å². The van der Waals surface area contributed by atoms with Crippen LogP contribution in [0.5, 0.6) is 11.5 Å². The van der Waals surface area contributed by atoms with Gasteiger partial charge in [-0.1, -0.05) is 43.5 Å². The zero-order valence-corrected chi connectivity index (χ0v) is 23.9. The molecule has 2 aliphatic rings. The van der Waals surface area contributed by atoms with Crippen molar-refractivity contribution < 1.29 is 28.6 Å². The van der Waals surface area contributed by atoms with Crippen molar-refractivity contribution in [1.29, 1.82) is 0 Å². The molecule has 11 heteroatoms. The quantitative estimate of drug-likeness (QED) is 0.187. The number of nitrogens with one attached hydrogen (secondary N) is 3. The molecular weight excluding hydrogens is 550 g/mol. The highest BCUT2D eigenvalue weighted by atomic mass is 16.7. The summed E-state index contributed by atoms with van der Waals surface area (Å²) >= 11 is 0. The lowest BCUT2D eigenvalue weighted by Gasteiger charge is -2.24. The van der Waals surface area contributed by atoms with E-state index in [0.717, 1.165) is 37.1 Å². The Morgan fingerprint density at radius 2 is 1.81 bits per heavy atom. The first-order valence-electron chi connectivity index (χ1n) is 14.4. The van der Waals surface area contributed by atoms with Crippen molar-refractivity contribution in [3.8, 4) is 22.8 Å². The number of hydrogen-bond donors (Lipinski definition) is 3. The summed E-state index contributed by atoms with van der Waals surface area (Å²) < 4.78 is 17.4. The number of amides is 2. The summed E-state index contributed by atoms with van der Waals surface area (Å²) in [4.78, 5) is 42.4. The van der Waals surface area contributed by atoms with Crippen molar-refractivity contribution in [2.24, 2.45) is 0 Å². The molecule has 0 saturated heterocycles. The summed E-state index contributed by atoms with van der Waals surface area (Å²) in [5.41, 5.74) is 3.87. The molecule has 0 bridgehead atoms. The number of carbonyl (C=O) groups excluding carboxylic acids is 3. The predicted molar refractivity (Wildman–Crippen MR) is 160 cm³/mol. The van der Waals surface area contributed by atoms with Gasteiger partial charge in [0.15, 0.2) is 11.5 Å². The zero-order chi connectivity index (χ0) is 29.8. The molecule has 1 saturated carbocycles. The molecule has 0 radical (unpaired) electrons. The van der Waals surface area contributed by atoms with Gasteiger partial charge < -0.3 is 30.2 Å². The molecule has 43 heavy (non-hydrogen) atoms. The van der Waals surface area contributed by atoms with Crippen molar-refractivity contribution in [2.75, 3.05) is 24.5 Å². The molecule has 6 rings (SSSR count). The molecule has 3 N–H and O–H groups in total. The number of aromatic nitrogens is 2. The van der Waals surface area contributed by atoms with Crippen molar-refractivity contribution in [3.05, 3.63) is 71.9 Å². The number of esters is 1. The van der Waals surface area contributed by atoms with Gasteiger partial charge in [0.25, 0.3) is 5.91 Å². The maximum absolute atomic E-state index is 13.3. The molecule has 2 aromatic heterocycles. The van der Waals surface area contributed by atoms with Gasteiger partial charge in [-0.15, -0.1) is 0 Å². The van der Waals surface area contributed by atoms with Crippen LogP contribution < -0.4 is 25.4 Å². The Morgan fingerprint density at radius 3 is 2.65 bits per heavy atom. The lowest BCUT2D eigenvalue weighted by atomic mass is 9.95. The fourth-order valence-corrected chi connectivity index (χ4v) is 5.48. The third-order valence-corrected chi connectivity index (χ3v) is 7.71. The summed E-state index contributed by atoms with van der Waals surface area (Å²) in [5.74, 6) is 0.771. The second kappa shape index (κ2) is 12.4. The Kier molecular flexibility index (Phi) is 8.12. The summed E-state index contributed by atoms with van der Waals surface area (Å²) in [6.45, 7) is 0.522. The van der Waals surface area contributed by atoms with Crippen LogP contribution in [-0.4, -0.2) is 47.1 Å². The minimum atomic E-state index is -0.619.